The Labute approximate surface area is 103 Å². The van der Waals surface area contributed by atoms with E-state index in [-0.39, 0.29) is 0 Å². The van der Waals surface area contributed by atoms with Crippen LogP contribution in [0.1, 0.15) is 27.1 Å². The number of carbonyl (C=O) groups is 1. The molecule has 1 heterocycles. The second-order valence-corrected chi connectivity index (χ2v) is 4.70. The molecule has 0 aliphatic rings. The van der Waals surface area contributed by atoms with Gasteiger partial charge in [0.1, 0.15) is 6.10 Å². The maximum Gasteiger partial charge on any atom is 0.275 e. The lowest BCUT2D eigenvalue weighted by Crippen LogP contribution is -2.29. The summed E-state index contributed by atoms with van der Waals surface area (Å²) >= 11 is 1.11. The molecular weight excluding hydrogens is 242 g/mol. The number of nitrogen functional groups attached to an aromatic ring is 1. The summed E-state index contributed by atoms with van der Waals surface area (Å²) in [5.41, 5.74) is 2.01. The Hall–Kier alpha value is -0.990. The van der Waals surface area contributed by atoms with Gasteiger partial charge < -0.3 is 15.5 Å². The van der Waals surface area contributed by atoms with Gasteiger partial charge in [0.25, 0.3) is 5.91 Å². The van der Waals surface area contributed by atoms with Crippen molar-refractivity contribution in [3.05, 3.63) is 21.9 Å². The first-order valence-electron chi connectivity index (χ1n) is 5.21. The van der Waals surface area contributed by atoms with Gasteiger partial charge in [0, 0.05) is 4.88 Å². The van der Waals surface area contributed by atoms with Gasteiger partial charge in [0.15, 0.2) is 0 Å². The number of carbonyl (C=O) groups excluding carboxylic acids is 1. The molecule has 0 bridgehead atoms. The van der Waals surface area contributed by atoms with Gasteiger partial charge in [-0.1, -0.05) is 0 Å². The highest BCUT2D eigenvalue weighted by Gasteiger charge is 2.20. The third kappa shape index (κ3) is 3.76. The summed E-state index contributed by atoms with van der Waals surface area (Å²) < 4.78 is 0. The molecule has 1 aromatic rings. The zero-order chi connectivity index (χ0) is 12.8. The molecular formula is C10H17N3O3S. The van der Waals surface area contributed by atoms with Crippen LogP contribution in [0.5, 0.6) is 0 Å². The second kappa shape index (κ2) is 6.67. The van der Waals surface area contributed by atoms with E-state index < -0.39 is 18.1 Å². The highest BCUT2D eigenvalue weighted by atomic mass is 32.1. The lowest BCUT2D eigenvalue weighted by Gasteiger charge is -2.16. The molecule has 6 nitrogen and oxygen atoms in total. The molecule has 1 aromatic heterocycles. The van der Waals surface area contributed by atoms with Crippen molar-refractivity contribution in [2.24, 2.45) is 5.84 Å². The highest BCUT2D eigenvalue weighted by Crippen LogP contribution is 2.26. The number of amides is 1. The Morgan fingerprint density at radius 1 is 1.53 bits per heavy atom. The SMILES string of the molecule is CNCCC(O)C(O)c1ccc(C(=O)NN)s1. The fraction of sp³-hybridized carbons (Fsp3) is 0.500. The fourth-order valence-corrected chi connectivity index (χ4v) is 2.30. The molecule has 0 aliphatic heterocycles. The van der Waals surface area contributed by atoms with Crippen molar-refractivity contribution in [3.63, 3.8) is 0 Å². The quantitative estimate of drug-likeness (QED) is 0.265. The van der Waals surface area contributed by atoms with Crippen LogP contribution in [-0.4, -0.2) is 35.8 Å². The van der Waals surface area contributed by atoms with Crippen LogP contribution in [0.4, 0.5) is 0 Å². The average Bonchev–Trinajstić information content (AvgIpc) is 2.83. The molecule has 7 heteroatoms. The van der Waals surface area contributed by atoms with Crippen LogP contribution in [0.25, 0.3) is 0 Å². The van der Waals surface area contributed by atoms with E-state index >= 15 is 0 Å². The number of aliphatic hydroxyl groups is 2. The zero-order valence-corrected chi connectivity index (χ0v) is 10.3. The van der Waals surface area contributed by atoms with Crippen LogP contribution >= 0.6 is 11.3 Å². The number of nitrogens with two attached hydrogens (primary N) is 1. The summed E-state index contributed by atoms with van der Waals surface area (Å²) in [5.74, 6) is 4.60. The molecule has 0 fully saturated rings. The van der Waals surface area contributed by atoms with Crippen LogP contribution in [0.15, 0.2) is 12.1 Å². The molecule has 96 valence electrons. The first-order chi connectivity index (χ1) is 8.10. The predicted octanol–water partition coefficient (Wildman–Crippen LogP) is -0.645. The van der Waals surface area contributed by atoms with Gasteiger partial charge in [-0.05, 0) is 32.1 Å². The highest BCUT2D eigenvalue weighted by molar-refractivity contribution is 7.14. The van der Waals surface area contributed by atoms with Crippen LogP contribution in [0.2, 0.25) is 0 Å². The van der Waals surface area contributed by atoms with E-state index in [0.717, 1.165) is 11.3 Å². The third-order valence-corrected chi connectivity index (χ3v) is 3.48. The minimum Gasteiger partial charge on any atom is -0.390 e. The molecule has 0 spiro atoms. The van der Waals surface area contributed by atoms with Crippen LogP contribution < -0.4 is 16.6 Å². The van der Waals surface area contributed by atoms with Crippen LogP contribution in [0.3, 0.4) is 0 Å². The molecule has 2 atom stereocenters. The lowest BCUT2D eigenvalue weighted by molar-refractivity contribution is 0.0161. The normalized spacial score (nSPS) is 14.4. The van der Waals surface area contributed by atoms with Gasteiger partial charge >= 0.3 is 0 Å². The Morgan fingerprint density at radius 3 is 2.82 bits per heavy atom. The Kier molecular flexibility index (Phi) is 5.52. The van der Waals surface area contributed by atoms with Gasteiger partial charge in [-0.25, -0.2) is 5.84 Å². The van der Waals surface area contributed by atoms with Crippen molar-refractivity contribution in [2.45, 2.75) is 18.6 Å². The van der Waals surface area contributed by atoms with Gasteiger partial charge in [-0.2, -0.15) is 0 Å². The first-order valence-corrected chi connectivity index (χ1v) is 6.03. The van der Waals surface area contributed by atoms with Crippen LogP contribution in [0, 0.1) is 0 Å². The van der Waals surface area contributed by atoms with E-state index in [1.807, 2.05) is 5.43 Å². The molecule has 0 aliphatic carbocycles. The summed E-state index contributed by atoms with van der Waals surface area (Å²) in [6.45, 7) is 0.611. The number of hydrogen-bond donors (Lipinski definition) is 5. The third-order valence-electron chi connectivity index (χ3n) is 2.33. The van der Waals surface area contributed by atoms with Crippen molar-refractivity contribution in [1.82, 2.24) is 10.7 Å². The maximum atomic E-state index is 11.2. The maximum absolute atomic E-state index is 11.2. The van der Waals surface area contributed by atoms with E-state index in [1.54, 1.807) is 19.2 Å². The number of aliphatic hydroxyl groups excluding tert-OH is 2. The van der Waals surface area contributed by atoms with E-state index in [9.17, 15) is 15.0 Å². The van der Waals surface area contributed by atoms with Gasteiger partial charge in [0.2, 0.25) is 0 Å². The number of hydrogen-bond acceptors (Lipinski definition) is 6. The average molecular weight is 259 g/mol. The van der Waals surface area contributed by atoms with E-state index in [2.05, 4.69) is 5.32 Å². The van der Waals surface area contributed by atoms with Gasteiger partial charge in [0.05, 0.1) is 11.0 Å². The fourth-order valence-electron chi connectivity index (χ4n) is 1.34. The van der Waals surface area contributed by atoms with E-state index in [0.29, 0.717) is 22.7 Å². The Morgan fingerprint density at radius 2 is 2.24 bits per heavy atom. The zero-order valence-electron chi connectivity index (χ0n) is 9.51. The number of nitrogens with one attached hydrogen (secondary N) is 2. The summed E-state index contributed by atoms with van der Waals surface area (Å²) in [7, 11) is 1.77. The van der Waals surface area contributed by atoms with Gasteiger partial charge in [-0.3, -0.25) is 10.2 Å². The molecule has 17 heavy (non-hydrogen) atoms. The molecule has 1 rings (SSSR count). The minimum absolute atomic E-state index is 0.404. The Bertz CT molecular complexity index is 369. The summed E-state index contributed by atoms with van der Waals surface area (Å²) in [6, 6.07) is 3.18. The standard InChI is InChI=1S/C10H17N3O3S/c1-12-5-4-6(14)9(15)7-2-3-8(17-7)10(16)13-11/h2-3,6,9,12,14-15H,4-5,11H2,1H3,(H,13,16). The summed E-state index contributed by atoms with van der Waals surface area (Å²) in [5, 5.41) is 22.4. The number of rotatable bonds is 6. The van der Waals surface area contributed by atoms with Gasteiger partial charge in [-0.15, -0.1) is 11.3 Å². The minimum atomic E-state index is -0.979. The van der Waals surface area contributed by atoms with Crippen molar-refractivity contribution < 1.29 is 15.0 Å². The summed E-state index contributed by atoms with van der Waals surface area (Å²) in [6.07, 6.45) is -1.39. The van der Waals surface area contributed by atoms with E-state index in [4.69, 9.17) is 5.84 Å². The molecule has 0 aromatic carbocycles. The van der Waals surface area contributed by atoms with Crippen molar-refractivity contribution in [1.29, 1.82) is 0 Å². The smallest absolute Gasteiger partial charge is 0.275 e. The predicted molar refractivity (Wildman–Crippen MR) is 65.5 cm³/mol. The molecule has 0 saturated heterocycles. The topological polar surface area (TPSA) is 108 Å². The largest absolute Gasteiger partial charge is 0.390 e. The lowest BCUT2D eigenvalue weighted by atomic mass is 10.1. The summed E-state index contributed by atoms with van der Waals surface area (Å²) in [4.78, 5) is 12.2. The first kappa shape index (κ1) is 14.1. The van der Waals surface area contributed by atoms with E-state index in [1.165, 1.54) is 0 Å². The molecule has 6 N–H and O–H groups in total. The molecule has 1 amide bonds. The molecule has 0 saturated carbocycles. The molecule has 0 radical (unpaired) electrons. The monoisotopic (exact) mass is 259 g/mol. The van der Waals surface area contributed by atoms with Crippen molar-refractivity contribution in [2.75, 3.05) is 13.6 Å². The van der Waals surface area contributed by atoms with Crippen molar-refractivity contribution >= 4 is 17.2 Å². The number of thiophene rings is 1. The second-order valence-electron chi connectivity index (χ2n) is 3.58. The molecule has 2 unspecified atom stereocenters. The van der Waals surface area contributed by atoms with Crippen LogP contribution in [-0.2, 0) is 0 Å². The van der Waals surface area contributed by atoms with Crippen molar-refractivity contribution in [3.8, 4) is 0 Å². The Balaban J connectivity index is 2.65. The number of hydrazine groups is 1.